The zero-order chi connectivity index (χ0) is 22.1. The van der Waals surface area contributed by atoms with E-state index in [4.69, 9.17) is 4.18 Å². The zero-order valence-electron chi connectivity index (χ0n) is 17.3. The third kappa shape index (κ3) is 3.76. The van der Waals surface area contributed by atoms with Gasteiger partial charge in [-0.05, 0) is 30.5 Å². The van der Waals surface area contributed by atoms with Gasteiger partial charge >= 0.3 is 10.1 Å². The molecule has 0 bridgehead atoms. The van der Waals surface area contributed by atoms with Crippen molar-refractivity contribution in [2.24, 2.45) is 0 Å². The predicted molar refractivity (Wildman–Crippen MR) is 125 cm³/mol. The minimum atomic E-state index is -4.11. The maximum atomic E-state index is 13.3. The molecule has 0 unspecified atom stereocenters. The number of hydrogen-bond acceptors (Lipinski definition) is 4. The Labute approximate surface area is 186 Å². The predicted octanol–water partition coefficient (Wildman–Crippen LogP) is 5.77. The lowest BCUT2D eigenvalue weighted by molar-refractivity contribution is 0.466. The summed E-state index contributed by atoms with van der Waals surface area (Å²) in [6.45, 7) is 1.99. The van der Waals surface area contributed by atoms with Crippen LogP contribution in [0.2, 0.25) is 0 Å². The highest BCUT2D eigenvalue weighted by molar-refractivity contribution is 7.87. The molecular formula is C26H20N2O3S. The summed E-state index contributed by atoms with van der Waals surface area (Å²) in [6, 6.07) is 31.4. The zero-order valence-corrected chi connectivity index (χ0v) is 18.2. The van der Waals surface area contributed by atoms with Gasteiger partial charge in [0.05, 0.1) is 11.4 Å². The Morgan fingerprint density at radius 2 is 1.47 bits per heavy atom. The highest BCUT2D eigenvalue weighted by atomic mass is 32.2. The van der Waals surface area contributed by atoms with Gasteiger partial charge in [0.1, 0.15) is 4.90 Å². The second-order valence-corrected chi connectivity index (χ2v) is 9.01. The molecule has 0 spiro atoms. The Hall–Kier alpha value is -3.90. The van der Waals surface area contributed by atoms with E-state index in [1.807, 2.05) is 85.8 Å². The van der Waals surface area contributed by atoms with Crippen LogP contribution in [-0.2, 0) is 10.1 Å². The van der Waals surface area contributed by atoms with Crippen LogP contribution < -0.4 is 4.18 Å². The molecule has 0 aliphatic heterocycles. The van der Waals surface area contributed by atoms with Crippen LogP contribution in [0.3, 0.4) is 0 Å². The summed E-state index contributed by atoms with van der Waals surface area (Å²) < 4.78 is 33.9. The summed E-state index contributed by atoms with van der Waals surface area (Å²) in [6.07, 6.45) is 0. The summed E-state index contributed by atoms with van der Waals surface area (Å²) in [5.74, 6) is 0.126. The van der Waals surface area contributed by atoms with Crippen LogP contribution in [0.4, 0.5) is 0 Å². The van der Waals surface area contributed by atoms with E-state index in [0.717, 1.165) is 16.5 Å². The number of hydrogen-bond donors (Lipinski definition) is 0. The van der Waals surface area contributed by atoms with E-state index in [1.165, 1.54) is 4.68 Å². The van der Waals surface area contributed by atoms with Crippen LogP contribution in [0.1, 0.15) is 5.56 Å². The maximum absolute atomic E-state index is 13.3. The van der Waals surface area contributed by atoms with Gasteiger partial charge in [0.2, 0.25) is 5.88 Å². The first-order chi connectivity index (χ1) is 15.5. The molecule has 0 amide bonds. The Kier molecular flexibility index (Phi) is 4.99. The first kappa shape index (κ1) is 20.0. The quantitative estimate of drug-likeness (QED) is 0.326. The van der Waals surface area contributed by atoms with Crippen molar-refractivity contribution in [2.45, 2.75) is 11.8 Å². The largest absolute Gasteiger partial charge is 0.358 e. The molecule has 158 valence electrons. The van der Waals surface area contributed by atoms with E-state index < -0.39 is 10.1 Å². The van der Waals surface area contributed by atoms with Crippen molar-refractivity contribution < 1.29 is 12.6 Å². The lowest BCUT2D eigenvalue weighted by Gasteiger charge is -2.11. The van der Waals surface area contributed by atoms with Gasteiger partial charge in [-0.1, -0.05) is 84.4 Å². The van der Waals surface area contributed by atoms with Crippen LogP contribution in [-0.4, -0.2) is 18.2 Å². The average molecular weight is 441 g/mol. The highest BCUT2D eigenvalue weighted by Crippen LogP contribution is 2.30. The Balaban J connectivity index is 1.63. The summed E-state index contributed by atoms with van der Waals surface area (Å²) in [5, 5.41) is 6.09. The number of nitrogens with zero attached hydrogens (tertiary/aromatic N) is 2. The van der Waals surface area contributed by atoms with E-state index in [9.17, 15) is 8.42 Å². The molecule has 0 saturated heterocycles. The van der Waals surface area contributed by atoms with Crippen LogP contribution in [0.5, 0.6) is 5.88 Å². The smallest absolute Gasteiger partial charge is 0.341 e. The molecule has 0 aliphatic carbocycles. The Morgan fingerprint density at radius 3 is 2.25 bits per heavy atom. The Bertz CT molecular complexity index is 1500. The molecule has 0 fully saturated rings. The fourth-order valence-electron chi connectivity index (χ4n) is 3.62. The van der Waals surface area contributed by atoms with E-state index in [0.29, 0.717) is 16.8 Å². The van der Waals surface area contributed by atoms with E-state index in [-0.39, 0.29) is 10.8 Å². The van der Waals surface area contributed by atoms with Crippen LogP contribution in [0.15, 0.2) is 108 Å². The molecule has 0 N–H and O–H groups in total. The van der Waals surface area contributed by atoms with Gasteiger partial charge in [0.15, 0.2) is 0 Å². The van der Waals surface area contributed by atoms with Gasteiger partial charge in [0.25, 0.3) is 0 Å². The summed E-state index contributed by atoms with van der Waals surface area (Å²) in [7, 11) is -4.11. The van der Waals surface area contributed by atoms with Crippen molar-refractivity contribution in [1.82, 2.24) is 9.78 Å². The van der Waals surface area contributed by atoms with Crippen molar-refractivity contribution in [3.63, 3.8) is 0 Å². The molecule has 32 heavy (non-hydrogen) atoms. The van der Waals surface area contributed by atoms with Crippen LogP contribution in [0, 0.1) is 6.92 Å². The second-order valence-electron chi connectivity index (χ2n) is 7.50. The number of benzene rings is 4. The molecule has 0 radical (unpaired) electrons. The molecule has 5 aromatic rings. The molecule has 0 saturated carbocycles. The van der Waals surface area contributed by atoms with Gasteiger partial charge in [-0.3, -0.25) is 0 Å². The van der Waals surface area contributed by atoms with Gasteiger partial charge in [0, 0.05) is 17.0 Å². The lowest BCUT2D eigenvalue weighted by atomic mass is 10.1. The van der Waals surface area contributed by atoms with Crippen molar-refractivity contribution in [1.29, 1.82) is 0 Å². The van der Waals surface area contributed by atoms with E-state index >= 15 is 0 Å². The standard InChI is InChI=1S/C26H20N2O3S/c1-19-14-16-22(17-15-19)28-26(18-24(27-28)21-9-3-2-4-10-21)31-32(29,30)25-13-7-11-20-8-5-6-12-23(20)25/h2-18H,1H3. The molecule has 0 atom stereocenters. The van der Waals surface area contributed by atoms with Gasteiger partial charge in [-0.15, -0.1) is 0 Å². The molecule has 0 aliphatic rings. The number of fused-ring (bicyclic) bond motifs is 1. The topological polar surface area (TPSA) is 61.2 Å². The molecule has 1 aromatic heterocycles. The monoisotopic (exact) mass is 440 g/mol. The summed E-state index contributed by atoms with van der Waals surface area (Å²) >= 11 is 0. The number of aryl methyl sites for hydroxylation is 1. The third-order valence-corrected chi connectivity index (χ3v) is 6.52. The lowest BCUT2D eigenvalue weighted by Crippen LogP contribution is -2.13. The van der Waals surface area contributed by atoms with Gasteiger partial charge < -0.3 is 4.18 Å². The number of aromatic nitrogens is 2. The molecule has 4 aromatic carbocycles. The molecule has 5 rings (SSSR count). The first-order valence-electron chi connectivity index (χ1n) is 10.2. The minimum absolute atomic E-state index is 0.119. The van der Waals surface area contributed by atoms with Crippen LogP contribution >= 0.6 is 0 Å². The molecule has 1 heterocycles. The molecular weight excluding hydrogens is 420 g/mol. The van der Waals surface area contributed by atoms with Crippen molar-refractivity contribution >= 4 is 20.9 Å². The van der Waals surface area contributed by atoms with Crippen molar-refractivity contribution in [3.8, 4) is 22.8 Å². The number of rotatable bonds is 5. The van der Waals surface area contributed by atoms with Gasteiger partial charge in [-0.25, -0.2) is 0 Å². The summed E-state index contributed by atoms with van der Waals surface area (Å²) in [4.78, 5) is 0.119. The van der Waals surface area contributed by atoms with E-state index in [1.54, 1.807) is 24.3 Å². The first-order valence-corrected chi connectivity index (χ1v) is 11.6. The van der Waals surface area contributed by atoms with E-state index in [2.05, 4.69) is 5.10 Å². The normalized spacial score (nSPS) is 11.5. The van der Waals surface area contributed by atoms with Crippen molar-refractivity contribution in [2.75, 3.05) is 0 Å². The third-order valence-electron chi connectivity index (χ3n) is 5.24. The van der Waals surface area contributed by atoms with Crippen molar-refractivity contribution in [3.05, 3.63) is 109 Å². The highest BCUT2D eigenvalue weighted by Gasteiger charge is 2.23. The minimum Gasteiger partial charge on any atom is -0.358 e. The second kappa shape index (κ2) is 7.98. The van der Waals surface area contributed by atoms with Gasteiger partial charge in [-0.2, -0.15) is 18.2 Å². The van der Waals surface area contributed by atoms with Crippen LogP contribution in [0.25, 0.3) is 27.7 Å². The molecule has 6 heteroatoms. The average Bonchev–Trinajstić information content (AvgIpc) is 3.23. The summed E-state index contributed by atoms with van der Waals surface area (Å²) in [5.41, 5.74) is 3.29. The fraction of sp³-hybridized carbons (Fsp3) is 0.0385. The maximum Gasteiger partial charge on any atom is 0.341 e. The molecule has 5 nitrogen and oxygen atoms in total. The SMILES string of the molecule is Cc1ccc(-n2nc(-c3ccccc3)cc2OS(=O)(=O)c2cccc3ccccc23)cc1. The fourth-order valence-corrected chi connectivity index (χ4v) is 4.75. The Morgan fingerprint density at radius 1 is 0.781 bits per heavy atom.